The minimum Gasteiger partial charge on any atom is -0.437 e. The number of hydrogen-bond acceptors (Lipinski definition) is 8. The number of carbonyl (C=O) groups is 1. The molecule has 1 atom stereocenters. The van der Waals surface area contributed by atoms with Crippen molar-refractivity contribution in [1.29, 1.82) is 0 Å². The molecule has 40 heavy (non-hydrogen) atoms. The van der Waals surface area contributed by atoms with E-state index in [0.29, 0.717) is 5.69 Å². The number of aromatic nitrogens is 4. The summed E-state index contributed by atoms with van der Waals surface area (Å²) in [6.45, 7) is 9.72. The summed E-state index contributed by atoms with van der Waals surface area (Å²) >= 11 is 0. The molecule has 0 fully saturated rings. The third-order valence-corrected chi connectivity index (χ3v) is 7.78. The monoisotopic (exact) mass is 583 g/mol. The highest BCUT2D eigenvalue weighted by molar-refractivity contribution is 7.91. The number of sulfone groups is 1. The Morgan fingerprint density at radius 1 is 1.15 bits per heavy atom. The molecule has 0 aromatic carbocycles. The van der Waals surface area contributed by atoms with Crippen LogP contribution in [0, 0.1) is 6.92 Å². The van der Waals surface area contributed by atoms with Crippen molar-refractivity contribution in [1.82, 2.24) is 25.1 Å². The van der Waals surface area contributed by atoms with Crippen LogP contribution in [0.15, 0.2) is 35.6 Å². The van der Waals surface area contributed by atoms with E-state index >= 15 is 0 Å². The normalized spacial score (nSPS) is 13.2. The van der Waals surface area contributed by atoms with Crippen molar-refractivity contribution in [3.05, 3.63) is 58.8 Å². The van der Waals surface area contributed by atoms with Crippen molar-refractivity contribution < 1.29 is 36.2 Å². The molecule has 3 aromatic heterocycles. The molecule has 3 rings (SSSR count). The van der Waals surface area contributed by atoms with Gasteiger partial charge in [0.1, 0.15) is 5.56 Å². The van der Waals surface area contributed by atoms with Gasteiger partial charge in [-0.15, -0.1) is 0 Å². The summed E-state index contributed by atoms with van der Waals surface area (Å²) in [5, 5.41) is 17.2. The van der Waals surface area contributed by atoms with E-state index in [2.05, 4.69) is 20.4 Å². The Balaban J connectivity index is 1.96. The van der Waals surface area contributed by atoms with Crippen LogP contribution in [-0.4, -0.2) is 44.9 Å². The van der Waals surface area contributed by atoms with Crippen LogP contribution in [0.2, 0.25) is 0 Å². The minimum atomic E-state index is -4.86. The zero-order valence-electron chi connectivity index (χ0n) is 23.0. The number of nitrogens with one attached hydrogen (secondary N) is 1. The number of halogens is 3. The number of rotatable bonds is 9. The van der Waals surface area contributed by atoms with Crippen LogP contribution >= 0.6 is 0 Å². The van der Waals surface area contributed by atoms with Gasteiger partial charge in [0.15, 0.2) is 21.3 Å². The molecule has 0 saturated heterocycles. The summed E-state index contributed by atoms with van der Waals surface area (Å²) in [7, 11) is -3.42. The van der Waals surface area contributed by atoms with E-state index in [9.17, 15) is 31.5 Å². The second kappa shape index (κ2) is 11.5. The summed E-state index contributed by atoms with van der Waals surface area (Å²) in [5.41, 5.74) is -1.90. The van der Waals surface area contributed by atoms with Crippen molar-refractivity contribution in [2.75, 3.05) is 5.75 Å². The lowest BCUT2D eigenvalue weighted by Crippen LogP contribution is -2.27. The van der Waals surface area contributed by atoms with Gasteiger partial charge in [-0.05, 0) is 46.2 Å². The lowest BCUT2D eigenvalue weighted by atomic mass is 10.0. The number of aliphatic hydroxyl groups excluding tert-OH is 1. The minimum absolute atomic E-state index is 0.0312. The molecule has 10 nitrogen and oxygen atoms in total. The van der Waals surface area contributed by atoms with E-state index in [-0.39, 0.29) is 40.8 Å². The molecule has 14 heteroatoms. The third kappa shape index (κ3) is 6.61. The Hall–Kier alpha value is -3.52. The summed E-state index contributed by atoms with van der Waals surface area (Å²) in [6.07, 6.45) is -3.17. The van der Waals surface area contributed by atoms with Gasteiger partial charge in [0.2, 0.25) is 5.88 Å². The number of aliphatic hydroxyl groups is 1. The Labute approximate surface area is 230 Å². The van der Waals surface area contributed by atoms with Gasteiger partial charge in [0.05, 0.1) is 40.7 Å². The van der Waals surface area contributed by atoms with Gasteiger partial charge < -0.3 is 15.2 Å². The Bertz CT molecular complexity index is 1480. The average molecular weight is 584 g/mol. The molecule has 218 valence electrons. The molecule has 0 bridgehead atoms. The fraction of sp³-hybridized carbons (Fsp3) is 0.462. The first-order valence-electron chi connectivity index (χ1n) is 12.5. The molecule has 0 spiro atoms. The molecule has 0 radical (unpaired) electrons. The maximum atomic E-state index is 14.1. The lowest BCUT2D eigenvalue weighted by molar-refractivity contribution is -0.140. The van der Waals surface area contributed by atoms with Crippen molar-refractivity contribution in [3.63, 3.8) is 0 Å². The second-order valence-electron chi connectivity index (χ2n) is 10.1. The predicted molar refractivity (Wildman–Crippen MR) is 140 cm³/mol. The number of hydrogen-bond donors (Lipinski definition) is 2. The highest BCUT2D eigenvalue weighted by Crippen LogP contribution is 2.43. The SMILES string of the molecule is CCC(O)c1cncc(Oc2c(C)c(C(=O)NCc3ccc(S(=O)(=O)CC)cn3)nn2C(C)(C)C)c1C(F)(F)F. The largest absolute Gasteiger partial charge is 0.437 e. The summed E-state index contributed by atoms with van der Waals surface area (Å²) in [5.74, 6) is -1.44. The predicted octanol–water partition coefficient (Wildman–Crippen LogP) is 4.71. The van der Waals surface area contributed by atoms with Gasteiger partial charge in [-0.25, -0.2) is 13.1 Å². The molecular weight excluding hydrogens is 551 g/mol. The zero-order chi connectivity index (χ0) is 30.0. The highest BCUT2D eigenvalue weighted by atomic mass is 32.2. The summed E-state index contributed by atoms with van der Waals surface area (Å²) < 4.78 is 73.3. The third-order valence-electron chi connectivity index (χ3n) is 6.06. The zero-order valence-corrected chi connectivity index (χ0v) is 23.8. The Morgan fingerprint density at radius 2 is 1.82 bits per heavy atom. The maximum Gasteiger partial charge on any atom is 0.420 e. The number of alkyl halides is 3. The van der Waals surface area contributed by atoms with Gasteiger partial charge in [0, 0.05) is 23.5 Å². The fourth-order valence-electron chi connectivity index (χ4n) is 3.81. The molecular formula is C26H32F3N5O5S. The molecule has 3 heterocycles. The highest BCUT2D eigenvalue weighted by Gasteiger charge is 2.40. The summed E-state index contributed by atoms with van der Waals surface area (Å²) in [6, 6.07) is 2.87. The average Bonchev–Trinajstić information content (AvgIpc) is 3.22. The quantitative estimate of drug-likeness (QED) is 0.370. The van der Waals surface area contributed by atoms with Gasteiger partial charge in [-0.3, -0.25) is 14.8 Å². The first-order valence-corrected chi connectivity index (χ1v) is 14.1. The van der Waals surface area contributed by atoms with E-state index in [0.717, 1.165) is 12.4 Å². The van der Waals surface area contributed by atoms with E-state index in [1.807, 2.05) is 0 Å². The van der Waals surface area contributed by atoms with Gasteiger partial charge in [0.25, 0.3) is 5.91 Å². The second-order valence-corrected chi connectivity index (χ2v) is 12.3. The van der Waals surface area contributed by atoms with Crippen LogP contribution in [0.4, 0.5) is 13.2 Å². The van der Waals surface area contributed by atoms with Crippen LogP contribution < -0.4 is 10.1 Å². The van der Waals surface area contributed by atoms with Crippen molar-refractivity contribution in [2.45, 2.75) is 77.2 Å². The molecule has 0 aliphatic rings. The Morgan fingerprint density at radius 3 is 2.35 bits per heavy atom. The number of amides is 1. The van der Waals surface area contributed by atoms with Crippen LogP contribution in [0.1, 0.15) is 80.0 Å². The molecule has 1 amide bonds. The molecule has 0 aliphatic carbocycles. The van der Waals surface area contributed by atoms with E-state index in [1.165, 1.54) is 36.9 Å². The standard InChI is InChI=1S/C26H32F3N5O5S/c1-7-19(35)18-13-30-14-20(21(18)26(27,28)29)39-24-15(3)22(33-34(24)25(4,5)6)23(36)32-11-16-9-10-17(12-31-16)40(37,38)8-2/h9-10,12-14,19,35H,7-8,11H2,1-6H3,(H,32,36). The van der Waals surface area contributed by atoms with Crippen molar-refractivity contribution in [2.24, 2.45) is 0 Å². The maximum absolute atomic E-state index is 14.1. The first-order chi connectivity index (χ1) is 18.5. The molecule has 1 unspecified atom stereocenters. The first kappa shape index (κ1) is 31.0. The fourth-order valence-corrected chi connectivity index (χ4v) is 4.63. The number of nitrogens with zero attached hydrogens (tertiary/aromatic N) is 4. The summed E-state index contributed by atoms with van der Waals surface area (Å²) in [4.78, 5) is 21.1. The number of pyridine rings is 2. The van der Waals surface area contributed by atoms with E-state index in [1.54, 1.807) is 27.7 Å². The van der Waals surface area contributed by atoms with Crippen LogP contribution in [0.5, 0.6) is 11.6 Å². The van der Waals surface area contributed by atoms with E-state index in [4.69, 9.17) is 4.74 Å². The van der Waals surface area contributed by atoms with Crippen LogP contribution in [-0.2, 0) is 28.1 Å². The van der Waals surface area contributed by atoms with Crippen molar-refractivity contribution in [3.8, 4) is 11.6 Å². The van der Waals surface area contributed by atoms with Gasteiger partial charge >= 0.3 is 6.18 Å². The smallest absolute Gasteiger partial charge is 0.420 e. The van der Waals surface area contributed by atoms with Gasteiger partial charge in [-0.1, -0.05) is 13.8 Å². The Kier molecular flexibility index (Phi) is 8.94. The van der Waals surface area contributed by atoms with E-state index < -0.39 is 50.4 Å². The van der Waals surface area contributed by atoms with Crippen LogP contribution in [0.25, 0.3) is 0 Å². The topological polar surface area (TPSA) is 136 Å². The molecule has 0 saturated carbocycles. The van der Waals surface area contributed by atoms with Gasteiger partial charge in [-0.2, -0.15) is 18.3 Å². The molecule has 0 aliphatic heterocycles. The number of carbonyl (C=O) groups excluding carboxylic acids is 1. The van der Waals surface area contributed by atoms with Crippen LogP contribution in [0.3, 0.4) is 0 Å². The molecule has 3 aromatic rings. The molecule has 2 N–H and O–H groups in total. The number of ether oxygens (including phenoxy) is 1. The lowest BCUT2D eigenvalue weighted by Gasteiger charge is -2.24. The van der Waals surface area contributed by atoms with Crippen molar-refractivity contribution >= 4 is 15.7 Å².